The summed E-state index contributed by atoms with van der Waals surface area (Å²) in [7, 11) is 1.97. The number of amides is 1. The Labute approximate surface area is 210 Å². The number of fused-ring (bicyclic) bond motifs is 1. The third-order valence-electron chi connectivity index (χ3n) is 6.10. The maximum absolute atomic E-state index is 13.0. The summed E-state index contributed by atoms with van der Waals surface area (Å²) in [6, 6.07) is 14.9. The molecule has 10 heteroatoms. The summed E-state index contributed by atoms with van der Waals surface area (Å²) >= 11 is 7.56. The summed E-state index contributed by atoms with van der Waals surface area (Å²) in [5, 5.41) is 11.7. The standard InChI is InChI=1S/C25H24ClN5O3S/c1-14-9-15(17-5-3-4-6-21(17)27-14)13-34-16-7-8-18(20(26)10-16)23(32)28-22-12-31(2)11-19(22)24-29-30-25(33)35-24/h3-10,19,22H,11-13H2,1-2H3,(H,28,32)(H,30,33)/t19-,22+/m0/s1. The predicted octanol–water partition coefficient (Wildman–Crippen LogP) is 3.75. The van der Waals surface area contributed by atoms with Gasteiger partial charge in [0.05, 0.1) is 22.1 Å². The summed E-state index contributed by atoms with van der Waals surface area (Å²) in [6.07, 6.45) is 0. The Morgan fingerprint density at radius 2 is 2.09 bits per heavy atom. The number of halogens is 1. The molecule has 1 fully saturated rings. The minimum atomic E-state index is -0.273. The highest BCUT2D eigenvalue weighted by Crippen LogP contribution is 2.29. The van der Waals surface area contributed by atoms with Crippen molar-refractivity contribution in [3.8, 4) is 5.75 Å². The van der Waals surface area contributed by atoms with Crippen molar-refractivity contribution in [3.63, 3.8) is 0 Å². The number of likely N-dealkylation sites (tertiary alicyclic amines) is 1. The van der Waals surface area contributed by atoms with E-state index in [-0.39, 0.29) is 22.7 Å². The Bertz CT molecular complexity index is 1450. The van der Waals surface area contributed by atoms with Crippen LogP contribution >= 0.6 is 22.9 Å². The molecule has 2 atom stereocenters. The number of H-pyrrole nitrogens is 1. The molecule has 180 valence electrons. The number of aryl methyl sites for hydroxylation is 1. The fourth-order valence-electron chi connectivity index (χ4n) is 4.49. The number of para-hydroxylation sites is 1. The molecule has 1 amide bonds. The van der Waals surface area contributed by atoms with Gasteiger partial charge < -0.3 is 15.0 Å². The average Bonchev–Trinajstić information content (AvgIpc) is 3.42. The van der Waals surface area contributed by atoms with Gasteiger partial charge in [0.25, 0.3) is 5.91 Å². The number of pyridine rings is 1. The molecule has 4 aromatic rings. The number of hydrogen-bond acceptors (Lipinski definition) is 7. The summed E-state index contributed by atoms with van der Waals surface area (Å²) in [4.78, 5) is 31.0. The van der Waals surface area contributed by atoms with Crippen LogP contribution in [0.25, 0.3) is 10.9 Å². The molecule has 1 aliphatic rings. The van der Waals surface area contributed by atoms with Crippen molar-refractivity contribution in [1.29, 1.82) is 0 Å². The number of ether oxygens (including phenoxy) is 1. The van der Waals surface area contributed by atoms with E-state index in [0.29, 0.717) is 41.0 Å². The lowest BCUT2D eigenvalue weighted by atomic mass is 10.0. The fourth-order valence-corrected chi connectivity index (χ4v) is 5.51. The normalized spacial score (nSPS) is 18.1. The summed E-state index contributed by atoms with van der Waals surface area (Å²) in [5.41, 5.74) is 3.25. The lowest BCUT2D eigenvalue weighted by Crippen LogP contribution is -2.39. The fraction of sp³-hybridized carbons (Fsp3) is 0.280. The van der Waals surface area contributed by atoms with Gasteiger partial charge in [-0.05, 0) is 44.3 Å². The van der Waals surface area contributed by atoms with E-state index >= 15 is 0 Å². The molecule has 0 bridgehead atoms. The lowest BCUT2D eigenvalue weighted by Gasteiger charge is -2.18. The second kappa shape index (κ2) is 9.77. The zero-order chi connectivity index (χ0) is 24.5. The molecule has 0 spiro atoms. The van der Waals surface area contributed by atoms with E-state index in [2.05, 4.69) is 25.4 Å². The molecule has 2 N–H and O–H groups in total. The van der Waals surface area contributed by atoms with Crippen LogP contribution in [-0.2, 0) is 6.61 Å². The molecule has 5 rings (SSSR count). The van der Waals surface area contributed by atoms with Crippen LogP contribution in [0.15, 0.2) is 53.3 Å². The van der Waals surface area contributed by atoms with E-state index in [1.54, 1.807) is 18.2 Å². The first-order valence-electron chi connectivity index (χ1n) is 11.2. The maximum atomic E-state index is 13.0. The smallest absolute Gasteiger partial charge is 0.322 e. The second-order valence-electron chi connectivity index (χ2n) is 8.73. The maximum Gasteiger partial charge on any atom is 0.322 e. The first-order chi connectivity index (χ1) is 16.9. The van der Waals surface area contributed by atoms with Crippen molar-refractivity contribution >= 4 is 39.7 Å². The summed E-state index contributed by atoms with van der Waals surface area (Å²) in [6.45, 7) is 3.67. The number of rotatable bonds is 6. The molecule has 1 aliphatic heterocycles. The van der Waals surface area contributed by atoms with Crippen LogP contribution < -0.4 is 14.9 Å². The van der Waals surface area contributed by atoms with E-state index in [1.165, 1.54) is 0 Å². The Hall–Kier alpha value is -3.27. The Kier molecular flexibility index (Phi) is 6.55. The number of aromatic nitrogens is 3. The number of carbonyl (C=O) groups excluding carboxylic acids is 1. The van der Waals surface area contributed by atoms with Gasteiger partial charge >= 0.3 is 4.87 Å². The van der Waals surface area contributed by atoms with Crippen molar-refractivity contribution in [2.45, 2.75) is 25.5 Å². The van der Waals surface area contributed by atoms with Crippen LogP contribution in [0.2, 0.25) is 5.02 Å². The van der Waals surface area contributed by atoms with Gasteiger partial charge in [-0.1, -0.05) is 41.1 Å². The average molecular weight is 510 g/mol. The van der Waals surface area contributed by atoms with Gasteiger partial charge in [-0.15, -0.1) is 0 Å². The molecule has 35 heavy (non-hydrogen) atoms. The Morgan fingerprint density at radius 1 is 1.26 bits per heavy atom. The van der Waals surface area contributed by atoms with E-state index in [0.717, 1.165) is 33.5 Å². The number of carbonyl (C=O) groups is 1. The minimum absolute atomic E-state index is 0.0621. The van der Waals surface area contributed by atoms with Gasteiger partial charge in [0.15, 0.2) is 0 Å². The van der Waals surface area contributed by atoms with Gasteiger partial charge in [0.2, 0.25) is 0 Å². The van der Waals surface area contributed by atoms with Crippen LogP contribution in [0.4, 0.5) is 0 Å². The van der Waals surface area contributed by atoms with Crippen molar-refractivity contribution in [2.24, 2.45) is 0 Å². The van der Waals surface area contributed by atoms with Gasteiger partial charge in [0, 0.05) is 35.7 Å². The second-order valence-corrected chi connectivity index (χ2v) is 10.1. The number of aromatic amines is 1. The highest BCUT2D eigenvalue weighted by atomic mass is 35.5. The highest BCUT2D eigenvalue weighted by Gasteiger charge is 2.35. The molecular formula is C25H24ClN5O3S. The lowest BCUT2D eigenvalue weighted by molar-refractivity contribution is 0.0935. The molecule has 0 saturated carbocycles. The quantitative estimate of drug-likeness (QED) is 0.410. The van der Waals surface area contributed by atoms with Crippen LogP contribution in [0.5, 0.6) is 5.75 Å². The van der Waals surface area contributed by atoms with E-state index in [9.17, 15) is 9.59 Å². The third kappa shape index (κ3) is 5.07. The first kappa shape index (κ1) is 23.5. The number of hydrogen-bond donors (Lipinski definition) is 2. The molecule has 2 aromatic heterocycles. The predicted molar refractivity (Wildman–Crippen MR) is 136 cm³/mol. The molecule has 0 aliphatic carbocycles. The number of nitrogens with zero attached hydrogens (tertiary/aromatic N) is 3. The van der Waals surface area contributed by atoms with E-state index in [1.807, 2.05) is 44.3 Å². The van der Waals surface area contributed by atoms with Crippen LogP contribution in [0, 0.1) is 6.92 Å². The van der Waals surface area contributed by atoms with Gasteiger partial charge in [-0.2, -0.15) is 5.10 Å². The zero-order valence-corrected chi connectivity index (χ0v) is 20.8. The molecular weight excluding hydrogens is 486 g/mol. The van der Waals surface area contributed by atoms with Gasteiger partial charge in [-0.3, -0.25) is 14.6 Å². The highest BCUT2D eigenvalue weighted by molar-refractivity contribution is 7.08. The Balaban J connectivity index is 1.28. The SMILES string of the molecule is Cc1cc(COc2ccc(C(=O)N[C@@H]3CN(C)C[C@@H]3c3n[nH]c(=O)s3)c(Cl)c2)c2ccccc2n1. The first-order valence-corrected chi connectivity index (χ1v) is 12.4. The zero-order valence-electron chi connectivity index (χ0n) is 19.2. The minimum Gasteiger partial charge on any atom is -0.489 e. The van der Waals surface area contributed by atoms with E-state index < -0.39 is 0 Å². The van der Waals surface area contributed by atoms with E-state index in [4.69, 9.17) is 16.3 Å². The molecule has 0 unspecified atom stereocenters. The Morgan fingerprint density at radius 3 is 2.86 bits per heavy atom. The number of benzene rings is 2. The molecule has 3 heterocycles. The van der Waals surface area contributed by atoms with Crippen molar-refractivity contribution in [3.05, 3.63) is 85.0 Å². The molecule has 8 nitrogen and oxygen atoms in total. The molecule has 2 aromatic carbocycles. The monoisotopic (exact) mass is 509 g/mol. The summed E-state index contributed by atoms with van der Waals surface area (Å²) < 4.78 is 6.00. The topological polar surface area (TPSA) is 100 Å². The third-order valence-corrected chi connectivity index (χ3v) is 7.29. The largest absolute Gasteiger partial charge is 0.489 e. The van der Waals surface area contributed by atoms with Gasteiger partial charge in [0.1, 0.15) is 17.4 Å². The number of nitrogens with one attached hydrogen (secondary N) is 2. The van der Waals surface area contributed by atoms with Crippen molar-refractivity contribution < 1.29 is 9.53 Å². The van der Waals surface area contributed by atoms with Crippen molar-refractivity contribution in [1.82, 2.24) is 25.4 Å². The summed E-state index contributed by atoms with van der Waals surface area (Å²) in [5.74, 6) is 0.239. The van der Waals surface area contributed by atoms with Crippen LogP contribution in [0.3, 0.4) is 0 Å². The molecule has 0 radical (unpaired) electrons. The molecule has 1 saturated heterocycles. The van der Waals surface area contributed by atoms with Crippen LogP contribution in [0.1, 0.15) is 32.5 Å². The van der Waals surface area contributed by atoms with Gasteiger partial charge in [-0.25, -0.2) is 5.10 Å². The number of likely N-dealkylation sites (N-methyl/N-ethyl adjacent to an activating group) is 1. The van der Waals surface area contributed by atoms with Crippen molar-refractivity contribution in [2.75, 3.05) is 20.1 Å². The van der Waals surface area contributed by atoms with Crippen LogP contribution in [-0.4, -0.2) is 52.2 Å².